The first-order valence-electron chi connectivity index (χ1n) is 21.8. The van der Waals surface area contributed by atoms with Crippen LogP contribution >= 0.6 is 0 Å². The van der Waals surface area contributed by atoms with Crippen molar-refractivity contribution >= 4 is 11.8 Å². The van der Waals surface area contributed by atoms with Gasteiger partial charge in [0.1, 0.15) is 0 Å². The summed E-state index contributed by atoms with van der Waals surface area (Å²) in [6.07, 6.45) is 14.6. The van der Waals surface area contributed by atoms with E-state index in [9.17, 15) is 14.7 Å². The van der Waals surface area contributed by atoms with Gasteiger partial charge in [0.2, 0.25) is 0 Å². The first kappa shape index (κ1) is 42.5. The molecule has 2 amide bonds. The number of rotatable bonds is 22. The molecule has 0 bridgehead atoms. The van der Waals surface area contributed by atoms with Crippen LogP contribution in [0.25, 0.3) is 11.1 Å². The zero-order valence-corrected chi connectivity index (χ0v) is 34.5. The summed E-state index contributed by atoms with van der Waals surface area (Å²) >= 11 is 0. The van der Waals surface area contributed by atoms with Crippen molar-refractivity contribution in [3.8, 4) is 11.1 Å². The van der Waals surface area contributed by atoms with Crippen LogP contribution in [0, 0.1) is 5.92 Å². The van der Waals surface area contributed by atoms with Gasteiger partial charge in [-0.2, -0.15) is 0 Å². The van der Waals surface area contributed by atoms with Crippen LogP contribution in [0.15, 0.2) is 97.1 Å². The Kier molecular flexibility index (Phi) is 16.1. The monoisotopic (exact) mass is 772 g/mol. The smallest absolute Gasteiger partial charge is 0.261 e. The van der Waals surface area contributed by atoms with Gasteiger partial charge in [0.25, 0.3) is 11.8 Å². The molecule has 0 spiro atoms. The van der Waals surface area contributed by atoms with Gasteiger partial charge in [-0.3, -0.25) is 14.5 Å². The summed E-state index contributed by atoms with van der Waals surface area (Å²) in [4.78, 5) is 30.2. The number of hydrogen-bond donors (Lipinski definition) is 1. The van der Waals surface area contributed by atoms with E-state index in [0.717, 1.165) is 53.0 Å². The molecule has 4 aromatic carbocycles. The Morgan fingerprint density at radius 1 is 0.614 bits per heavy atom. The highest BCUT2D eigenvalue weighted by atomic mass is 16.7. The first-order valence-corrected chi connectivity index (χ1v) is 21.8. The molecular weight excluding hydrogens is 709 g/mol. The predicted octanol–water partition coefficient (Wildman–Crippen LogP) is 11.5. The number of benzene rings is 4. The summed E-state index contributed by atoms with van der Waals surface area (Å²) in [7, 11) is 0. The summed E-state index contributed by atoms with van der Waals surface area (Å²) in [5.74, 6) is -0.396. The molecule has 6 rings (SSSR count). The third-order valence-electron chi connectivity index (χ3n) is 11.9. The number of aliphatic hydroxyl groups is 1. The fourth-order valence-corrected chi connectivity index (χ4v) is 8.39. The number of carbonyl (C=O) groups excluding carboxylic acids is 2. The Morgan fingerprint density at radius 2 is 1.19 bits per heavy atom. The molecule has 1 saturated heterocycles. The van der Waals surface area contributed by atoms with Crippen molar-refractivity contribution in [3.05, 3.63) is 130 Å². The minimum Gasteiger partial charge on any atom is -0.392 e. The van der Waals surface area contributed by atoms with Crippen molar-refractivity contribution in [3.63, 3.8) is 0 Å². The van der Waals surface area contributed by atoms with E-state index in [1.54, 1.807) is 24.3 Å². The summed E-state index contributed by atoms with van der Waals surface area (Å²) < 4.78 is 13.9. The number of fused-ring (bicyclic) bond motifs is 1. The van der Waals surface area contributed by atoms with E-state index in [1.807, 2.05) is 24.3 Å². The number of hydrogen-bond acceptors (Lipinski definition) is 6. The first-order chi connectivity index (χ1) is 27.9. The molecule has 57 heavy (non-hydrogen) atoms. The molecule has 0 saturated carbocycles. The summed E-state index contributed by atoms with van der Waals surface area (Å²) in [5.41, 5.74) is 6.73. The lowest BCUT2D eigenvalue weighted by Gasteiger charge is -2.43. The normalized spacial score (nSPS) is 19.4. The van der Waals surface area contributed by atoms with Crippen LogP contribution in [0.3, 0.4) is 0 Å². The number of unbranched alkanes of at least 4 members (excludes halogenated alkanes) is 10. The molecule has 304 valence electrons. The van der Waals surface area contributed by atoms with Gasteiger partial charge in [-0.15, -0.1) is 0 Å². The van der Waals surface area contributed by atoms with Gasteiger partial charge in [-0.05, 0) is 78.0 Å². The van der Waals surface area contributed by atoms with Crippen LogP contribution in [0.1, 0.15) is 153 Å². The SMILES string of the molecule is CCCCCCCCN(CCCCCCCC)C[C@H]1O[C@@H](c2cccc(-c3cccc(CN4C(=O)c5ccccc5C4=O)c3)c2)O[C@@H](c2ccc(CO)cc2)[C@H]1C. The Morgan fingerprint density at radius 3 is 1.81 bits per heavy atom. The number of carbonyl (C=O) groups is 2. The highest BCUT2D eigenvalue weighted by Gasteiger charge is 2.39. The summed E-state index contributed by atoms with van der Waals surface area (Å²) in [6.45, 7) is 10.0. The van der Waals surface area contributed by atoms with Crippen LogP contribution in [0.2, 0.25) is 0 Å². The van der Waals surface area contributed by atoms with Gasteiger partial charge < -0.3 is 19.5 Å². The minimum absolute atomic E-state index is 0.00779. The molecule has 4 aromatic rings. The lowest BCUT2D eigenvalue weighted by Crippen LogP contribution is -2.45. The molecule has 0 aliphatic carbocycles. The number of aliphatic hydroxyl groups excluding tert-OH is 1. The zero-order valence-electron chi connectivity index (χ0n) is 34.5. The van der Waals surface area contributed by atoms with Crippen LogP contribution in [0.5, 0.6) is 0 Å². The second-order valence-corrected chi connectivity index (χ2v) is 16.2. The predicted molar refractivity (Wildman–Crippen MR) is 229 cm³/mol. The van der Waals surface area contributed by atoms with Crippen LogP contribution in [-0.2, 0) is 22.6 Å². The van der Waals surface area contributed by atoms with Gasteiger partial charge >= 0.3 is 0 Å². The van der Waals surface area contributed by atoms with Crippen molar-refractivity contribution < 1.29 is 24.2 Å². The maximum atomic E-state index is 13.1. The van der Waals surface area contributed by atoms with Crippen LogP contribution in [0.4, 0.5) is 0 Å². The molecule has 2 aliphatic heterocycles. The second-order valence-electron chi connectivity index (χ2n) is 16.2. The van der Waals surface area contributed by atoms with Gasteiger partial charge in [0.15, 0.2) is 6.29 Å². The van der Waals surface area contributed by atoms with Crippen LogP contribution in [-0.4, -0.2) is 52.5 Å². The third-order valence-corrected chi connectivity index (χ3v) is 11.9. The highest BCUT2D eigenvalue weighted by Crippen LogP contribution is 2.42. The number of ether oxygens (including phenoxy) is 2. The lowest BCUT2D eigenvalue weighted by molar-refractivity contribution is -0.276. The number of imide groups is 1. The van der Waals surface area contributed by atoms with Gasteiger partial charge in [-0.25, -0.2) is 0 Å². The maximum absolute atomic E-state index is 13.1. The molecule has 1 N–H and O–H groups in total. The Labute approximate surface area is 341 Å². The van der Waals surface area contributed by atoms with E-state index in [4.69, 9.17) is 9.47 Å². The fourth-order valence-electron chi connectivity index (χ4n) is 8.39. The maximum Gasteiger partial charge on any atom is 0.261 e. The molecule has 1 fully saturated rings. The lowest BCUT2D eigenvalue weighted by atomic mass is 9.89. The van der Waals surface area contributed by atoms with Crippen molar-refractivity contribution in [2.75, 3.05) is 19.6 Å². The molecular formula is C50H64N2O5. The van der Waals surface area contributed by atoms with E-state index in [-0.39, 0.29) is 43.1 Å². The topological polar surface area (TPSA) is 79.3 Å². The fraction of sp³-hybridized carbons (Fsp3) is 0.480. The van der Waals surface area contributed by atoms with Crippen molar-refractivity contribution in [2.45, 2.75) is 129 Å². The minimum atomic E-state index is -0.569. The largest absolute Gasteiger partial charge is 0.392 e. The van der Waals surface area contributed by atoms with Crippen LogP contribution < -0.4 is 0 Å². The Balaban J connectivity index is 1.21. The third kappa shape index (κ3) is 11.3. The summed E-state index contributed by atoms with van der Waals surface area (Å²) in [6, 6.07) is 31.6. The van der Waals surface area contributed by atoms with Gasteiger partial charge in [0, 0.05) is 18.0 Å². The van der Waals surface area contributed by atoms with E-state index in [0.29, 0.717) is 11.1 Å². The highest BCUT2D eigenvalue weighted by molar-refractivity contribution is 6.21. The molecule has 4 atom stereocenters. The van der Waals surface area contributed by atoms with Crippen molar-refractivity contribution in [2.24, 2.45) is 5.92 Å². The molecule has 0 radical (unpaired) electrons. The van der Waals surface area contributed by atoms with E-state index in [1.165, 1.54) is 81.9 Å². The molecule has 2 heterocycles. The molecule has 0 unspecified atom stereocenters. The van der Waals surface area contributed by atoms with Crippen molar-refractivity contribution in [1.82, 2.24) is 9.80 Å². The molecule has 7 heteroatoms. The molecule has 7 nitrogen and oxygen atoms in total. The second kappa shape index (κ2) is 21.6. The van der Waals surface area contributed by atoms with Crippen molar-refractivity contribution in [1.29, 1.82) is 0 Å². The average molecular weight is 773 g/mol. The average Bonchev–Trinajstić information content (AvgIpc) is 3.48. The number of nitrogens with zero attached hydrogens (tertiary/aromatic N) is 2. The van der Waals surface area contributed by atoms with E-state index in [2.05, 4.69) is 74.2 Å². The molecule has 2 aliphatic rings. The van der Waals surface area contributed by atoms with Gasteiger partial charge in [-0.1, -0.05) is 158 Å². The Bertz CT molecular complexity index is 1820. The van der Waals surface area contributed by atoms with E-state index >= 15 is 0 Å². The number of amides is 2. The Hall–Kier alpha value is -4.14. The zero-order chi connectivity index (χ0) is 40.0. The standard InChI is InChI=1S/C50H64N2O5/c1-4-6-8-10-12-16-30-51(31-17-13-11-9-7-5-2)35-46-37(3)47(40-28-26-38(36-53)27-29-40)57-50(56-46)43-23-19-22-42(33-43)41-21-18-20-39(32-41)34-52-48(54)44-24-14-15-25-45(44)49(52)55/h14-15,18-29,32-33,37,46-47,50,53H,4-13,16-17,30-31,34-36H2,1-3H3/t37-,46+,47+,50+/m0/s1. The quantitative estimate of drug-likeness (QED) is 0.0633. The van der Waals surface area contributed by atoms with Gasteiger partial charge in [0.05, 0.1) is 36.5 Å². The van der Waals surface area contributed by atoms with E-state index < -0.39 is 6.29 Å². The molecule has 0 aromatic heterocycles. The summed E-state index contributed by atoms with van der Waals surface area (Å²) in [5, 5.41) is 9.76.